The van der Waals surface area contributed by atoms with Crippen molar-refractivity contribution < 1.29 is 4.79 Å². The molecule has 0 atom stereocenters. The van der Waals surface area contributed by atoms with E-state index in [0.717, 1.165) is 0 Å². The Bertz CT molecular complexity index is 487. The first-order chi connectivity index (χ1) is 8.31. The minimum Gasteiger partial charge on any atom is -0.351 e. The fourth-order valence-electron chi connectivity index (χ4n) is 1.95. The number of halogens is 1. The molecule has 2 heterocycles. The zero-order valence-electron chi connectivity index (χ0n) is 11.0. The summed E-state index contributed by atoms with van der Waals surface area (Å²) >= 11 is 5.85. The van der Waals surface area contributed by atoms with Crippen LogP contribution in [-0.4, -0.2) is 28.5 Å². The molecule has 0 spiro atoms. The summed E-state index contributed by atoms with van der Waals surface area (Å²) in [6.45, 7) is 8.55. The lowest BCUT2D eigenvalue weighted by Crippen LogP contribution is -2.42. The minimum atomic E-state index is -0.489. The molecule has 1 amide bonds. The maximum absolute atomic E-state index is 12.1. The van der Waals surface area contributed by atoms with E-state index in [4.69, 9.17) is 11.6 Å². The molecule has 0 aromatic carbocycles. The summed E-state index contributed by atoms with van der Waals surface area (Å²) in [6, 6.07) is 0.224. The van der Waals surface area contributed by atoms with Gasteiger partial charge in [0.2, 0.25) is 11.2 Å². The van der Waals surface area contributed by atoms with Gasteiger partial charge in [-0.25, -0.2) is 4.98 Å². The van der Waals surface area contributed by atoms with Crippen LogP contribution in [-0.2, 0) is 4.79 Å². The van der Waals surface area contributed by atoms with Crippen LogP contribution in [0.15, 0.2) is 6.20 Å². The maximum Gasteiger partial charge on any atom is 0.231 e. The lowest BCUT2D eigenvalue weighted by molar-refractivity contribution is -0.123. The molecule has 1 N–H and O–H groups in total. The molecule has 0 unspecified atom stereocenters. The maximum atomic E-state index is 12.1. The number of anilines is 2. The van der Waals surface area contributed by atoms with E-state index in [1.807, 2.05) is 13.8 Å². The molecule has 2 rings (SSSR count). The summed E-state index contributed by atoms with van der Waals surface area (Å²) in [5.41, 5.74) is 0.126. The van der Waals surface area contributed by atoms with E-state index in [1.54, 1.807) is 6.20 Å². The third-order valence-electron chi connectivity index (χ3n) is 3.06. The summed E-state index contributed by atoms with van der Waals surface area (Å²) in [5, 5.41) is 3.05. The number of hydrogen-bond donors (Lipinski definition) is 1. The van der Waals surface area contributed by atoms with Gasteiger partial charge in [0.05, 0.1) is 11.6 Å². The Hall–Kier alpha value is -1.36. The number of amides is 1. The van der Waals surface area contributed by atoms with Crippen molar-refractivity contribution in [1.82, 2.24) is 9.97 Å². The minimum absolute atomic E-state index is 0.0298. The van der Waals surface area contributed by atoms with Crippen molar-refractivity contribution in [3.63, 3.8) is 0 Å². The largest absolute Gasteiger partial charge is 0.351 e. The molecule has 18 heavy (non-hydrogen) atoms. The molecule has 1 aromatic rings. The quantitative estimate of drug-likeness (QED) is 0.794. The highest BCUT2D eigenvalue weighted by molar-refractivity contribution is 6.28. The molecule has 0 aliphatic carbocycles. The number of rotatable bonds is 1. The smallest absolute Gasteiger partial charge is 0.231 e. The average Bonchev–Trinajstić information content (AvgIpc) is 2.36. The summed E-state index contributed by atoms with van der Waals surface area (Å²) < 4.78 is 0. The van der Waals surface area contributed by atoms with E-state index < -0.39 is 5.41 Å². The summed E-state index contributed by atoms with van der Waals surface area (Å²) in [4.78, 5) is 22.4. The molecular formula is C12H17ClN4O. The second-order valence-electron chi connectivity index (χ2n) is 5.44. The van der Waals surface area contributed by atoms with Crippen LogP contribution in [0.3, 0.4) is 0 Å². The second-order valence-corrected chi connectivity index (χ2v) is 5.77. The Morgan fingerprint density at radius 2 is 2.17 bits per heavy atom. The van der Waals surface area contributed by atoms with Crippen LogP contribution in [0.2, 0.25) is 5.28 Å². The summed E-state index contributed by atoms with van der Waals surface area (Å²) in [7, 11) is 0. The Kier molecular flexibility index (Phi) is 3.19. The number of nitrogens with zero attached hydrogens (tertiary/aromatic N) is 3. The van der Waals surface area contributed by atoms with Crippen LogP contribution < -0.4 is 10.2 Å². The molecule has 0 bridgehead atoms. The van der Waals surface area contributed by atoms with Gasteiger partial charge in [-0.3, -0.25) is 4.79 Å². The molecule has 6 heteroatoms. The van der Waals surface area contributed by atoms with Gasteiger partial charge in [-0.05, 0) is 39.3 Å². The summed E-state index contributed by atoms with van der Waals surface area (Å²) in [6.07, 6.45) is 1.55. The van der Waals surface area contributed by atoms with Gasteiger partial charge < -0.3 is 10.2 Å². The van der Waals surface area contributed by atoms with E-state index in [2.05, 4.69) is 34.0 Å². The van der Waals surface area contributed by atoms with Crippen LogP contribution in [0.4, 0.5) is 11.5 Å². The van der Waals surface area contributed by atoms with Gasteiger partial charge in [0.25, 0.3) is 0 Å². The highest BCUT2D eigenvalue weighted by atomic mass is 35.5. The van der Waals surface area contributed by atoms with Crippen molar-refractivity contribution in [3.8, 4) is 0 Å². The van der Waals surface area contributed by atoms with Gasteiger partial charge >= 0.3 is 0 Å². The van der Waals surface area contributed by atoms with Crippen LogP contribution >= 0.6 is 11.6 Å². The van der Waals surface area contributed by atoms with E-state index in [-0.39, 0.29) is 17.2 Å². The molecule has 1 aliphatic heterocycles. The standard InChI is InChI=1S/C12H17ClN4O/c1-7(2)17-6-12(3,4)10(18)15-8-5-14-11(13)16-9(8)17/h5,7H,6H2,1-4H3,(H,15,18). The second kappa shape index (κ2) is 4.39. The zero-order valence-corrected chi connectivity index (χ0v) is 11.7. The first-order valence-electron chi connectivity index (χ1n) is 5.92. The Morgan fingerprint density at radius 3 is 2.78 bits per heavy atom. The number of fused-ring (bicyclic) bond motifs is 1. The fraction of sp³-hybridized carbons (Fsp3) is 0.583. The first-order valence-corrected chi connectivity index (χ1v) is 6.30. The van der Waals surface area contributed by atoms with Crippen LogP contribution in [0.1, 0.15) is 27.7 Å². The van der Waals surface area contributed by atoms with Crippen molar-refractivity contribution in [2.24, 2.45) is 5.41 Å². The van der Waals surface area contributed by atoms with Gasteiger partial charge in [-0.15, -0.1) is 0 Å². The molecule has 0 radical (unpaired) electrons. The predicted molar refractivity (Wildman–Crippen MR) is 71.9 cm³/mol. The van der Waals surface area contributed by atoms with Crippen molar-refractivity contribution in [1.29, 1.82) is 0 Å². The highest BCUT2D eigenvalue weighted by Gasteiger charge is 2.36. The monoisotopic (exact) mass is 268 g/mol. The lowest BCUT2D eigenvalue weighted by Gasteiger charge is -2.32. The molecule has 5 nitrogen and oxygen atoms in total. The molecule has 1 aliphatic rings. The highest BCUT2D eigenvalue weighted by Crippen LogP contribution is 2.34. The van der Waals surface area contributed by atoms with Crippen molar-refractivity contribution in [3.05, 3.63) is 11.5 Å². The van der Waals surface area contributed by atoms with Gasteiger partial charge in [0, 0.05) is 12.6 Å². The predicted octanol–water partition coefficient (Wildman–Crippen LogP) is 2.32. The number of carbonyl (C=O) groups excluding carboxylic acids is 1. The van der Waals surface area contributed by atoms with Crippen molar-refractivity contribution in [2.45, 2.75) is 33.7 Å². The summed E-state index contributed by atoms with van der Waals surface area (Å²) in [5.74, 6) is 0.654. The average molecular weight is 269 g/mol. The molecule has 0 saturated heterocycles. The SMILES string of the molecule is CC(C)N1CC(C)(C)C(=O)Nc2cnc(Cl)nc21. The normalized spacial score (nSPS) is 18.3. The van der Waals surface area contributed by atoms with Gasteiger partial charge in [0.1, 0.15) is 5.69 Å². The van der Waals surface area contributed by atoms with Crippen molar-refractivity contribution >= 4 is 29.0 Å². The van der Waals surface area contributed by atoms with Crippen molar-refractivity contribution in [2.75, 3.05) is 16.8 Å². The van der Waals surface area contributed by atoms with Crippen LogP contribution in [0, 0.1) is 5.41 Å². The third-order valence-corrected chi connectivity index (χ3v) is 3.25. The number of aromatic nitrogens is 2. The number of nitrogens with one attached hydrogen (secondary N) is 1. The van der Waals surface area contributed by atoms with E-state index in [0.29, 0.717) is 18.1 Å². The van der Waals surface area contributed by atoms with Crippen LogP contribution in [0.25, 0.3) is 0 Å². The third kappa shape index (κ3) is 2.27. The van der Waals surface area contributed by atoms with E-state index in [9.17, 15) is 4.79 Å². The fourth-order valence-corrected chi connectivity index (χ4v) is 2.08. The van der Waals surface area contributed by atoms with E-state index >= 15 is 0 Å². The first kappa shape index (κ1) is 13.1. The Labute approximate surface area is 112 Å². The zero-order chi connectivity index (χ0) is 13.5. The van der Waals surface area contributed by atoms with Gasteiger partial charge in [-0.2, -0.15) is 4.98 Å². The molecule has 0 saturated carbocycles. The molecular weight excluding hydrogens is 252 g/mol. The van der Waals surface area contributed by atoms with E-state index in [1.165, 1.54) is 0 Å². The molecule has 98 valence electrons. The Morgan fingerprint density at radius 1 is 1.50 bits per heavy atom. The van der Waals surface area contributed by atoms with Gasteiger partial charge in [0.15, 0.2) is 5.82 Å². The molecule has 1 aromatic heterocycles. The number of hydrogen-bond acceptors (Lipinski definition) is 4. The van der Waals surface area contributed by atoms with Crippen LogP contribution in [0.5, 0.6) is 0 Å². The Balaban J connectivity index is 2.54. The number of carbonyl (C=O) groups is 1. The van der Waals surface area contributed by atoms with Gasteiger partial charge in [-0.1, -0.05) is 0 Å². The lowest BCUT2D eigenvalue weighted by atomic mass is 9.91. The topological polar surface area (TPSA) is 58.1 Å². The molecule has 0 fully saturated rings.